The summed E-state index contributed by atoms with van der Waals surface area (Å²) in [6.07, 6.45) is 2.11. The number of benzene rings is 1. The lowest BCUT2D eigenvalue weighted by Gasteiger charge is -2.03. The topological polar surface area (TPSA) is 117 Å². The Morgan fingerprint density at radius 2 is 1.70 bits per heavy atom. The van der Waals surface area contributed by atoms with Crippen molar-refractivity contribution in [3.63, 3.8) is 0 Å². The third-order valence-electron chi connectivity index (χ3n) is 3.48. The second-order valence-corrected chi connectivity index (χ2v) is 5.04. The zero-order valence-corrected chi connectivity index (χ0v) is 11.9. The van der Waals surface area contributed by atoms with Gasteiger partial charge in [0.1, 0.15) is 23.2 Å². The van der Waals surface area contributed by atoms with Crippen LogP contribution in [-0.2, 0) is 4.74 Å². The van der Waals surface area contributed by atoms with E-state index in [2.05, 4.69) is 0 Å². The molecule has 0 saturated heterocycles. The number of aromatic hydroxyl groups is 3. The summed E-state index contributed by atoms with van der Waals surface area (Å²) in [6, 6.07) is 3.30. The van der Waals surface area contributed by atoms with Gasteiger partial charge in [0, 0.05) is 23.3 Å². The van der Waals surface area contributed by atoms with E-state index in [1.54, 1.807) is 6.92 Å². The van der Waals surface area contributed by atoms with Crippen LogP contribution in [0.1, 0.15) is 40.3 Å². The van der Waals surface area contributed by atoms with Crippen molar-refractivity contribution in [1.82, 2.24) is 0 Å². The SMILES string of the molecule is C[C@H]1OC(=O)c2c1cc(=O)oc2C=Cc1cc(O)c(O)cc1O. The van der Waals surface area contributed by atoms with Gasteiger partial charge in [-0.25, -0.2) is 9.59 Å². The second kappa shape index (κ2) is 5.20. The van der Waals surface area contributed by atoms with Crippen LogP contribution in [0.25, 0.3) is 12.2 Å². The Morgan fingerprint density at radius 3 is 2.43 bits per heavy atom. The molecule has 1 aromatic carbocycles. The van der Waals surface area contributed by atoms with Crippen molar-refractivity contribution < 1.29 is 29.3 Å². The minimum atomic E-state index is -0.633. The van der Waals surface area contributed by atoms with Crippen molar-refractivity contribution in [3.05, 3.63) is 51.1 Å². The van der Waals surface area contributed by atoms with Crippen molar-refractivity contribution >= 4 is 18.1 Å². The molecule has 3 N–H and O–H groups in total. The molecule has 2 heterocycles. The molecule has 7 heteroatoms. The maximum atomic E-state index is 11.8. The van der Waals surface area contributed by atoms with E-state index in [0.717, 1.165) is 12.1 Å². The normalized spacial score (nSPS) is 16.6. The molecule has 0 bridgehead atoms. The molecule has 0 unspecified atom stereocenters. The first-order valence-corrected chi connectivity index (χ1v) is 6.69. The Kier molecular flexibility index (Phi) is 3.33. The first kappa shape index (κ1) is 14.7. The highest BCUT2D eigenvalue weighted by Gasteiger charge is 2.32. The fourth-order valence-electron chi connectivity index (χ4n) is 2.35. The van der Waals surface area contributed by atoms with Crippen LogP contribution >= 0.6 is 0 Å². The molecule has 0 aliphatic carbocycles. The van der Waals surface area contributed by atoms with E-state index >= 15 is 0 Å². The number of hydrogen-bond donors (Lipinski definition) is 3. The summed E-state index contributed by atoms with van der Waals surface area (Å²) in [5.74, 6) is -1.79. The number of carbonyl (C=O) groups excluding carboxylic acids is 1. The molecule has 1 atom stereocenters. The Bertz CT molecular complexity index is 892. The largest absolute Gasteiger partial charge is 0.507 e. The van der Waals surface area contributed by atoms with E-state index in [0.29, 0.717) is 5.56 Å². The smallest absolute Gasteiger partial charge is 0.342 e. The minimum Gasteiger partial charge on any atom is -0.507 e. The molecular formula is C16H12O7. The number of carbonyl (C=O) groups is 1. The fourth-order valence-corrected chi connectivity index (χ4v) is 2.35. The van der Waals surface area contributed by atoms with Gasteiger partial charge in [-0.15, -0.1) is 0 Å². The summed E-state index contributed by atoms with van der Waals surface area (Å²) in [5.41, 5.74) is 0.116. The average Bonchev–Trinajstić information content (AvgIpc) is 2.76. The molecule has 0 spiro atoms. The average molecular weight is 316 g/mol. The van der Waals surface area contributed by atoms with Gasteiger partial charge < -0.3 is 24.5 Å². The molecule has 1 aliphatic rings. The summed E-state index contributed by atoms with van der Waals surface area (Å²) in [7, 11) is 0. The van der Waals surface area contributed by atoms with Gasteiger partial charge >= 0.3 is 11.6 Å². The van der Waals surface area contributed by atoms with Gasteiger partial charge in [0.15, 0.2) is 11.5 Å². The number of cyclic esters (lactones) is 1. The van der Waals surface area contributed by atoms with Crippen LogP contribution in [0.3, 0.4) is 0 Å². The van der Waals surface area contributed by atoms with Crippen molar-refractivity contribution in [2.24, 2.45) is 0 Å². The van der Waals surface area contributed by atoms with E-state index < -0.39 is 29.2 Å². The highest BCUT2D eigenvalue weighted by Crippen LogP contribution is 2.35. The zero-order valence-electron chi connectivity index (χ0n) is 11.9. The molecule has 23 heavy (non-hydrogen) atoms. The molecule has 0 radical (unpaired) electrons. The van der Waals surface area contributed by atoms with Crippen LogP contribution in [0.2, 0.25) is 0 Å². The molecule has 7 nitrogen and oxygen atoms in total. The van der Waals surface area contributed by atoms with Crippen LogP contribution in [0.5, 0.6) is 17.2 Å². The van der Waals surface area contributed by atoms with Crippen molar-refractivity contribution in [2.75, 3.05) is 0 Å². The van der Waals surface area contributed by atoms with Crippen LogP contribution < -0.4 is 5.63 Å². The second-order valence-electron chi connectivity index (χ2n) is 5.04. The lowest BCUT2D eigenvalue weighted by Crippen LogP contribution is -2.05. The maximum absolute atomic E-state index is 11.8. The quantitative estimate of drug-likeness (QED) is 0.441. The van der Waals surface area contributed by atoms with Gasteiger partial charge in [-0.3, -0.25) is 0 Å². The van der Waals surface area contributed by atoms with Crippen LogP contribution in [0, 0.1) is 0 Å². The Hall–Kier alpha value is -3.22. The predicted molar refractivity (Wildman–Crippen MR) is 79.2 cm³/mol. The van der Waals surface area contributed by atoms with Gasteiger partial charge in [0.05, 0.1) is 0 Å². The van der Waals surface area contributed by atoms with Crippen molar-refractivity contribution in [2.45, 2.75) is 13.0 Å². The van der Waals surface area contributed by atoms with Gasteiger partial charge in [-0.05, 0) is 25.1 Å². The molecule has 1 aromatic heterocycles. The Balaban J connectivity index is 2.08. The van der Waals surface area contributed by atoms with Gasteiger partial charge in [0.2, 0.25) is 0 Å². The van der Waals surface area contributed by atoms with E-state index in [1.165, 1.54) is 18.2 Å². The Morgan fingerprint density at radius 1 is 1.00 bits per heavy atom. The molecule has 0 fully saturated rings. The molecule has 1 aliphatic heterocycles. The van der Waals surface area contributed by atoms with Crippen molar-refractivity contribution in [1.29, 1.82) is 0 Å². The number of ether oxygens (including phenoxy) is 1. The van der Waals surface area contributed by atoms with E-state index in [4.69, 9.17) is 9.15 Å². The van der Waals surface area contributed by atoms with Gasteiger partial charge in [-0.2, -0.15) is 0 Å². The number of fused-ring (bicyclic) bond motifs is 1. The van der Waals surface area contributed by atoms with Crippen molar-refractivity contribution in [3.8, 4) is 17.2 Å². The van der Waals surface area contributed by atoms with Gasteiger partial charge in [0.25, 0.3) is 0 Å². The van der Waals surface area contributed by atoms with Crippen LogP contribution in [-0.4, -0.2) is 21.3 Å². The first-order valence-electron chi connectivity index (χ1n) is 6.69. The summed E-state index contributed by atoms with van der Waals surface area (Å²) in [5, 5.41) is 28.5. The van der Waals surface area contributed by atoms with Gasteiger partial charge in [-0.1, -0.05) is 0 Å². The fraction of sp³-hybridized carbons (Fsp3) is 0.125. The summed E-state index contributed by atoms with van der Waals surface area (Å²) < 4.78 is 10.1. The minimum absolute atomic E-state index is 0.00573. The molecule has 118 valence electrons. The molecule has 0 saturated carbocycles. The maximum Gasteiger partial charge on any atom is 0.342 e. The highest BCUT2D eigenvalue weighted by atomic mass is 16.5. The molecule has 2 aromatic rings. The highest BCUT2D eigenvalue weighted by molar-refractivity contribution is 5.97. The predicted octanol–water partition coefficient (Wildman–Crippen LogP) is 2.16. The standard InChI is InChI=1S/C16H12O7/c1-7-9-5-14(20)23-13(15(9)16(21)22-7)3-2-8-4-11(18)12(19)6-10(8)17/h2-7,17-19H,1H3/t7-/m1/s1. The third-order valence-corrected chi connectivity index (χ3v) is 3.48. The molecule has 3 rings (SSSR count). The number of phenols is 3. The first-order chi connectivity index (χ1) is 10.9. The lowest BCUT2D eigenvalue weighted by molar-refractivity contribution is 0.0421. The lowest BCUT2D eigenvalue weighted by atomic mass is 10.1. The third kappa shape index (κ3) is 2.52. The van der Waals surface area contributed by atoms with E-state index in [-0.39, 0.29) is 22.6 Å². The monoisotopic (exact) mass is 316 g/mol. The molecule has 0 amide bonds. The zero-order chi connectivity index (χ0) is 16.7. The van der Waals surface area contributed by atoms with Crippen LogP contribution in [0.4, 0.5) is 0 Å². The molecular weight excluding hydrogens is 304 g/mol. The van der Waals surface area contributed by atoms with Crippen LogP contribution in [0.15, 0.2) is 27.4 Å². The summed E-state index contributed by atoms with van der Waals surface area (Å²) in [6.45, 7) is 1.64. The number of esters is 1. The number of hydrogen-bond acceptors (Lipinski definition) is 7. The summed E-state index contributed by atoms with van der Waals surface area (Å²) in [4.78, 5) is 23.4. The number of rotatable bonds is 2. The number of phenolic OH excluding ortho intramolecular Hbond substituents is 3. The van der Waals surface area contributed by atoms with E-state index in [9.17, 15) is 24.9 Å². The Labute approximate surface area is 129 Å². The summed E-state index contributed by atoms with van der Waals surface area (Å²) >= 11 is 0. The van der Waals surface area contributed by atoms with E-state index in [1.807, 2.05) is 0 Å².